The van der Waals surface area contributed by atoms with E-state index in [0.29, 0.717) is 4.99 Å². The molecule has 1 heterocycles. The molecule has 2 aromatic carbocycles. The van der Waals surface area contributed by atoms with E-state index in [1.807, 2.05) is 49.5 Å². The van der Waals surface area contributed by atoms with Gasteiger partial charge in [0.05, 0.1) is 0 Å². The zero-order valence-corrected chi connectivity index (χ0v) is 12.4. The van der Waals surface area contributed by atoms with E-state index in [0.717, 1.165) is 33.3 Å². The van der Waals surface area contributed by atoms with Gasteiger partial charge in [-0.25, -0.2) is 0 Å². The maximum atomic E-state index is 5.81. The minimum absolute atomic E-state index is 0.385. The van der Waals surface area contributed by atoms with E-state index < -0.39 is 0 Å². The summed E-state index contributed by atoms with van der Waals surface area (Å²) in [4.78, 5) is 4.58. The van der Waals surface area contributed by atoms with E-state index in [9.17, 15) is 0 Å². The van der Waals surface area contributed by atoms with Crippen LogP contribution >= 0.6 is 12.2 Å². The van der Waals surface area contributed by atoms with E-state index >= 15 is 0 Å². The summed E-state index contributed by atoms with van der Waals surface area (Å²) in [6.45, 7) is 2.04. The van der Waals surface area contributed by atoms with E-state index in [1.165, 1.54) is 0 Å². The van der Waals surface area contributed by atoms with Crippen molar-refractivity contribution in [3.8, 4) is 0 Å². The summed E-state index contributed by atoms with van der Waals surface area (Å²) < 4.78 is 0. The first-order valence-corrected chi connectivity index (χ1v) is 7.06. The fourth-order valence-corrected chi connectivity index (χ4v) is 2.52. The highest BCUT2D eigenvalue weighted by Crippen LogP contribution is 2.28. The Hall–Kier alpha value is -2.46. The average molecular weight is 293 g/mol. The number of nitrogens with zero attached hydrogens (tertiary/aromatic N) is 1. The fraction of sp³-hybridized carbons (Fsp3) is 0.0588. The standard InChI is InChI=1S/C17H15N3S/c1-11-5-6-13(17(18)21)16(9-11)20-15-4-2-3-12-7-8-19-10-14(12)15/h2-10,20H,1H3,(H2,18,21). The normalized spacial score (nSPS) is 10.5. The van der Waals surface area contributed by atoms with Crippen LogP contribution in [0.2, 0.25) is 0 Å². The SMILES string of the molecule is Cc1ccc(C(N)=S)c(Nc2cccc3ccncc23)c1. The predicted octanol–water partition coefficient (Wildman–Crippen LogP) is 3.92. The molecule has 3 N–H and O–H groups in total. The molecule has 0 radical (unpaired) electrons. The second-order valence-electron chi connectivity index (χ2n) is 4.94. The number of pyridine rings is 1. The number of nitrogens with one attached hydrogen (secondary N) is 1. The highest BCUT2D eigenvalue weighted by molar-refractivity contribution is 7.80. The van der Waals surface area contributed by atoms with Gasteiger partial charge in [0.1, 0.15) is 4.99 Å². The number of thiocarbonyl (C=S) groups is 1. The molecule has 0 aliphatic carbocycles. The lowest BCUT2D eigenvalue weighted by Crippen LogP contribution is -2.12. The molecule has 104 valence electrons. The van der Waals surface area contributed by atoms with Gasteiger partial charge in [-0.15, -0.1) is 0 Å². The molecule has 0 saturated heterocycles. The van der Waals surface area contributed by atoms with Crippen LogP contribution in [0.5, 0.6) is 0 Å². The van der Waals surface area contributed by atoms with Gasteiger partial charge in [-0.3, -0.25) is 4.98 Å². The minimum Gasteiger partial charge on any atom is -0.389 e. The van der Waals surface area contributed by atoms with Gasteiger partial charge in [0, 0.05) is 34.7 Å². The van der Waals surface area contributed by atoms with Crippen LogP contribution in [0.4, 0.5) is 11.4 Å². The lowest BCUT2D eigenvalue weighted by molar-refractivity contribution is 1.36. The Labute approximate surface area is 128 Å². The zero-order chi connectivity index (χ0) is 14.8. The summed E-state index contributed by atoms with van der Waals surface area (Å²) >= 11 is 5.13. The number of nitrogens with two attached hydrogens (primary N) is 1. The van der Waals surface area contributed by atoms with Gasteiger partial charge < -0.3 is 11.1 Å². The van der Waals surface area contributed by atoms with Crippen molar-refractivity contribution in [3.05, 3.63) is 66.0 Å². The lowest BCUT2D eigenvalue weighted by Gasteiger charge is -2.14. The molecule has 0 unspecified atom stereocenters. The molecule has 0 saturated carbocycles. The summed E-state index contributed by atoms with van der Waals surface area (Å²) in [5.74, 6) is 0. The predicted molar refractivity (Wildman–Crippen MR) is 92.1 cm³/mol. The topological polar surface area (TPSA) is 50.9 Å². The highest BCUT2D eigenvalue weighted by Gasteiger charge is 2.08. The number of hydrogen-bond donors (Lipinski definition) is 2. The Bertz CT molecular complexity index is 822. The monoisotopic (exact) mass is 293 g/mol. The molecule has 0 amide bonds. The van der Waals surface area contributed by atoms with Gasteiger partial charge in [-0.2, -0.15) is 0 Å². The van der Waals surface area contributed by atoms with Crippen molar-refractivity contribution in [2.75, 3.05) is 5.32 Å². The molecule has 21 heavy (non-hydrogen) atoms. The molecule has 4 heteroatoms. The number of hydrogen-bond acceptors (Lipinski definition) is 3. The first-order valence-electron chi connectivity index (χ1n) is 6.65. The third-order valence-electron chi connectivity index (χ3n) is 3.39. The summed E-state index contributed by atoms with van der Waals surface area (Å²) in [6, 6.07) is 14.1. The fourth-order valence-electron chi connectivity index (χ4n) is 2.34. The maximum Gasteiger partial charge on any atom is 0.106 e. The second-order valence-corrected chi connectivity index (χ2v) is 5.38. The van der Waals surface area contributed by atoms with Gasteiger partial charge in [-0.1, -0.05) is 30.4 Å². The number of benzene rings is 2. The van der Waals surface area contributed by atoms with Crippen LogP contribution in [0.15, 0.2) is 54.9 Å². The van der Waals surface area contributed by atoms with Crippen LogP contribution < -0.4 is 11.1 Å². The van der Waals surface area contributed by atoms with Gasteiger partial charge in [0.25, 0.3) is 0 Å². The third-order valence-corrected chi connectivity index (χ3v) is 3.61. The van der Waals surface area contributed by atoms with Gasteiger partial charge in [0.2, 0.25) is 0 Å². The van der Waals surface area contributed by atoms with E-state index in [-0.39, 0.29) is 0 Å². The van der Waals surface area contributed by atoms with E-state index in [1.54, 1.807) is 6.20 Å². The lowest BCUT2D eigenvalue weighted by atomic mass is 10.1. The first kappa shape index (κ1) is 13.5. The maximum absolute atomic E-state index is 5.81. The van der Waals surface area contributed by atoms with Crippen molar-refractivity contribution in [1.29, 1.82) is 0 Å². The Balaban J connectivity index is 2.11. The molecular formula is C17H15N3S. The molecule has 3 aromatic rings. The number of fused-ring (bicyclic) bond motifs is 1. The number of anilines is 2. The summed E-state index contributed by atoms with van der Waals surface area (Å²) in [7, 11) is 0. The highest BCUT2D eigenvalue weighted by atomic mass is 32.1. The van der Waals surface area contributed by atoms with Crippen molar-refractivity contribution in [2.45, 2.75) is 6.92 Å². The third kappa shape index (κ3) is 2.71. The van der Waals surface area contributed by atoms with E-state index in [4.69, 9.17) is 18.0 Å². The molecule has 0 spiro atoms. The van der Waals surface area contributed by atoms with Crippen molar-refractivity contribution in [2.24, 2.45) is 5.73 Å². The number of rotatable bonds is 3. The number of aromatic nitrogens is 1. The molecular weight excluding hydrogens is 278 g/mol. The minimum atomic E-state index is 0.385. The zero-order valence-electron chi connectivity index (χ0n) is 11.6. The van der Waals surface area contributed by atoms with Crippen LogP contribution in [0.25, 0.3) is 10.8 Å². The summed E-state index contributed by atoms with van der Waals surface area (Å²) in [5, 5.41) is 5.63. The van der Waals surface area contributed by atoms with Crippen LogP contribution in [-0.2, 0) is 0 Å². The molecule has 3 rings (SSSR count). The summed E-state index contributed by atoms with van der Waals surface area (Å²) in [6.07, 6.45) is 3.65. The quantitative estimate of drug-likeness (QED) is 0.719. The van der Waals surface area contributed by atoms with Gasteiger partial charge in [-0.05, 0) is 42.1 Å². The second kappa shape index (κ2) is 5.50. The van der Waals surface area contributed by atoms with Crippen LogP contribution in [0, 0.1) is 6.92 Å². The van der Waals surface area contributed by atoms with Crippen molar-refractivity contribution in [1.82, 2.24) is 4.98 Å². The van der Waals surface area contributed by atoms with Crippen LogP contribution in [0.3, 0.4) is 0 Å². The number of aryl methyl sites for hydroxylation is 1. The molecule has 0 aliphatic heterocycles. The van der Waals surface area contributed by atoms with Crippen LogP contribution in [0.1, 0.15) is 11.1 Å². The van der Waals surface area contributed by atoms with Crippen molar-refractivity contribution in [3.63, 3.8) is 0 Å². The summed E-state index contributed by atoms with van der Waals surface area (Å²) in [5.41, 5.74) is 9.71. The average Bonchev–Trinajstić information content (AvgIpc) is 2.47. The van der Waals surface area contributed by atoms with Gasteiger partial charge >= 0.3 is 0 Å². The van der Waals surface area contributed by atoms with Crippen molar-refractivity contribution < 1.29 is 0 Å². The molecule has 0 atom stereocenters. The smallest absolute Gasteiger partial charge is 0.106 e. The molecule has 0 aliphatic rings. The van der Waals surface area contributed by atoms with Crippen molar-refractivity contribution >= 4 is 39.4 Å². The Morgan fingerprint density at radius 1 is 1.14 bits per heavy atom. The molecule has 0 bridgehead atoms. The van der Waals surface area contributed by atoms with E-state index in [2.05, 4.69) is 16.4 Å². The van der Waals surface area contributed by atoms with Crippen LogP contribution in [-0.4, -0.2) is 9.97 Å². The molecule has 0 fully saturated rings. The van der Waals surface area contributed by atoms with Gasteiger partial charge in [0.15, 0.2) is 0 Å². The Morgan fingerprint density at radius 3 is 2.81 bits per heavy atom. The first-order chi connectivity index (χ1) is 10.1. The Morgan fingerprint density at radius 2 is 2.00 bits per heavy atom. The largest absolute Gasteiger partial charge is 0.389 e. The Kier molecular flexibility index (Phi) is 3.54. The molecule has 1 aromatic heterocycles. The molecule has 3 nitrogen and oxygen atoms in total.